The summed E-state index contributed by atoms with van der Waals surface area (Å²) in [6, 6.07) is 6.37. The fourth-order valence-electron chi connectivity index (χ4n) is 2.17. The lowest BCUT2D eigenvalue weighted by atomic mass is 10.1. The van der Waals surface area contributed by atoms with Crippen molar-refractivity contribution < 1.29 is 14.3 Å². The Morgan fingerprint density at radius 1 is 1.27 bits per heavy atom. The van der Waals surface area contributed by atoms with Gasteiger partial charge in [-0.25, -0.2) is 4.79 Å². The third kappa shape index (κ3) is 3.13. The maximum absolute atomic E-state index is 12.5. The minimum absolute atomic E-state index is 0.157. The number of carbonyl (C=O) groups is 1. The number of ether oxygens (including phenoxy) is 2. The molecule has 2 rings (SSSR count). The fraction of sp³-hybridized carbons (Fsp3) is 0.412. The summed E-state index contributed by atoms with van der Waals surface area (Å²) in [6.07, 6.45) is 2.20. The zero-order valence-electron chi connectivity index (χ0n) is 13.3. The summed E-state index contributed by atoms with van der Waals surface area (Å²) >= 11 is 0. The third-order valence-corrected chi connectivity index (χ3v) is 3.79. The molecule has 22 heavy (non-hydrogen) atoms. The zero-order valence-corrected chi connectivity index (χ0v) is 13.3. The van der Waals surface area contributed by atoms with Gasteiger partial charge in [-0.3, -0.25) is 4.79 Å². The molecule has 0 N–H and O–H groups in total. The van der Waals surface area contributed by atoms with Gasteiger partial charge in [-0.2, -0.15) is 0 Å². The van der Waals surface area contributed by atoms with Crippen molar-refractivity contribution in [3.05, 3.63) is 40.8 Å². The van der Waals surface area contributed by atoms with Crippen LogP contribution in [0.1, 0.15) is 33.2 Å². The number of hydrogen-bond acceptors (Lipinski definition) is 4. The van der Waals surface area contributed by atoms with Crippen molar-refractivity contribution in [3.63, 3.8) is 0 Å². The summed E-state index contributed by atoms with van der Waals surface area (Å²) in [5.74, 6) is 0.290. The fourth-order valence-corrected chi connectivity index (χ4v) is 2.17. The second-order valence-corrected chi connectivity index (χ2v) is 5.31. The minimum Gasteiger partial charge on any atom is -0.497 e. The largest absolute Gasteiger partial charge is 0.497 e. The number of aromatic nitrogens is 1. The second kappa shape index (κ2) is 6.64. The maximum Gasteiger partial charge on any atom is 0.329 e. The van der Waals surface area contributed by atoms with Gasteiger partial charge in [0.15, 0.2) is 0 Å². The number of rotatable bonds is 5. The smallest absolute Gasteiger partial charge is 0.329 e. The summed E-state index contributed by atoms with van der Waals surface area (Å²) in [6.45, 7) is 5.44. The molecule has 5 nitrogen and oxygen atoms in total. The van der Waals surface area contributed by atoms with Crippen molar-refractivity contribution in [1.82, 2.24) is 4.57 Å². The van der Waals surface area contributed by atoms with Crippen LogP contribution in [0.3, 0.4) is 0 Å². The van der Waals surface area contributed by atoms with Crippen LogP contribution in [0, 0.1) is 0 Å². The molecule has 0 bridgehead atoms. The van der Waals surface area contributed by atoms with Crippen LogP contribution in [0.5, 0.6) is 5.75 Å². The molecule has 118 valence electrons. The maximum atomic E-state index is 12.5. The van der Waals surface area contributed by atoms with Gasteiger partial charge in [0.2, 0.25) is 0 Å². The van der Waals surface area contributed by atoms with Crippen molar-refractivity contribution in [3.8, 4) is 5.75 Å². The third-order valence-electron chi connectivity index (χ3n) is 3.79. The summed E-state index contributed by atoms with van der Waals surface area (Å²) in [7, 11) is 1.58. The van der Waals surface area contributed by atoms with Crippen molar-refractivity contribution in [2.75, 3.05) is 7.11 Å². The van der Waals surface area contributed by atoms with E-state index in [1.54, 1.807) is 44.5 Å². The van der Waals surface area contributed by atoms with E-state index >= 15 is 0 Å². The van der Waals surface area contributed by atoms with Crippen LogP contribution in [0.4, 0.5) is 0 Å². The van der Waals surface area contributed by atoms with Crippen LogP contribution in [0.15, 0.2) is 35.3 Å². The SMILES string of the molecule is CCC(C)OC(=O)C(C)n1ccc2cc(OC)ccc2c1=O. The van der Waals surface area contributed by atoms with E-state index in [0.29, 0.717) is 11.1 Å². The van der Waals surface area contributed by atoms with Gasteiger partial charge in [-0.15, -0.1) is 0 Å². The van der Waals surface area contributed by atoms with Crippen molar-refractivity contribution in [2.24, 2.45) is 0 Å². The van der Waals surface area contributed by atoms with Gasteiger partial charge in [-0.05, 0) is 49.9 Å². The Bertz CT molecular complexity index is 735. The van der Waals surface area contributed by atoms with Crippen molar-refractivity contribution >= 4 is 16.7 Å². The molecule has 1 aromatic heterocycles. The monoisotopic (exact) mass is 303 g/mol. The first-order valence-electron chi connectivity index (χ1n) is 7.37. The topological polar surface area (TPSA) is 57.5 Å². The molecule has 0 spiro atoms. The molecular formula is C17H21NO4. The molecule has 1 aromatic carbocycles. The van der Waals surface area contributed by atoms with E-state index in [-0.39, 0.29) is 11.7 Å². The highest BCUT2D eigenvalue weighted by atomic mass is 16.5. The van der Waals surface area contributed by atoms with Crippen molar-refractivity contribution in [1.29, 1.82) is 0 Å². The highest BCUT2D eigenvalue weighted by molar-refractivity contribution is 5.83. The van der Waals surface area contributed by atoms with Gasteiger partial charge in [-0.1, -0.05) is 6.92 Å². The normalized spacial score (nSPS) is 13.6. The molecule has 0 aliphatic heterocycles. The number of fused-ring (bicyclic) bond motifs is 1. The van der Waals surface area contributed by atoms with Crippen LogP contribution in [0.2, 0.25) is 0 Å². The van der Waals surface area contributed by atoms with E-state index in [1.165, 1.54) is 4.57 Å². The van der Waals surface area contributed by atoms with Crippen molar-refractivity contribution in [2.45, 2.75) is 39.3 Å². The zero-order chi connectivity index (χ0) is 16.3. The number of methoxy groups -OCH3 is 1. The molecule has 0 amide bonds. The molecule has 2 unspecified atom stereocenters. The highest BCUT2D eigenvalue weighted by Gasteiger charge is 2.20. The number of esters is 1. The number of nitrogens with zero attached hydrogens (tertiary/aromatic N) is 1. The number of carbonyl (C=O) groups excluding carboxylic acids is 1. The van der Waals surface area contributed by atoms with E-state index in [9.17, 15) is 9.59 Å². The lowest BCUT2D eigenvalue weighted by Gasteiger charge is -2.18. The standard InChI is InChI=1S/C17H21NO4/c1-5-11(2)22-17(20)12(3)18-9-8-13-10-14(21-4)6-7-15(13)16(18)19/h6-12H,5H2,1-4H3. The van der Waals surface area contributed by atoms with Crippen LogP contribution < -0.4 is 10.3 Å². The molecule has 1 heterocycles. The second-order valence-electron chi connectivity index (χ2n) is 5.31. The van der Waals surface area contributed by atoms with E-state index < -0.39 is 12.0 Å². The Labute approximate surface area is 129 Å². The van der Waals surface area contributed by atoms with Gasteiger partial charge in [0.25, 0.3) is 5.56 Å². The summed E-state index contributed by atoms with van der Waals surface area (Å²) in [5.41, 5.74) is -0.214. The molecule has 0 saturated heterocycles. The predicted octanol–water partition coefficient (Wildman–Crippen LogP) is 2.91. The van der Waals surface area contributed by atoms with E-state index in [0.717, 1.165) is 11.8 Å². The molecular weight excluding hydrogens is 282 g/mol. The van der Waals surface area contributed by atoms with Crippen LogP contribution in [-0.2, 0) is 9.53 Å². The Balaban J connectivity index is 2.38. The predicted molar refractivity (Wildman–Crippen MR) is 85.3 cm³/mol. The number of pyridine rings is 1. The van der Waals surface area contributed by atoms with E-state index in [4.69, 9.17) is 9.47 Å². The average Bonchev–Trinajstić information content (AvgIpc) is 2.53. The van der Waals surface area contributed by atoms with Gasteiger partial charge in [0, 0.05) is 11.6 Å². The van der Waals surface area contributed by atoms with E-state index in [2.05, 4.69) is 0 Å². The van der Waals surface area contributed by atoms with Crippen LogP contribution >= 0.6 is 0 Å². The molecule has 0 saturated carbocycles. The van der Waals surface area contributed by atoms with Gasteiger partial charge >= 0.3 is 5.97 Å². The number of benzene rings is 1. The molecule has 5 heteroatoms. The molecule has 0 radical (unpaired) electrons. The molecule has 0 fully saturated rings. The van der Waals surface area contributed by atoms with E-state index in [1.807, 2.05) is 13.8 Å². The molecule has 2 atom stereocenters. The summed E-state index contributed by atoms with van der Waals surface area (Å²) in [4.78, 5) is 24.6. The average molecular weight is 303 g/mol. The Morgan fingerprint density at radius 3 is 2.64 bits per heavy atom. The summed E-state index contributed by atoms with van der Waals surface area (Å²) in [5, 5.41) is 1.33. The first kappa shape index (κ1) is 16.1. The Morgan fingerprint density at radius 2 is 2.00 bits per heavy atom. The molecule has 0 aliphatic carbocycles. The first-order valence-corrected chi connectivity index (χ1v) is 7.37. The van der Waals surface area contributed by atoms with Crippen LogP contribution in [0.25, 0.3) is 10.8 Å². The molecule has 0 aliphatic rings. The molecule has 2 aromatic rings. The Kier molecular flexibility index (Phi) is 4.85. The van der Waals surface area contributed by atoms with Gasteiger partial charge < -0.3 is 14.0 Å². The first-order chi connectivity index (χ1) is 10.5. The van der Waals surface area contributed by atoms with Gasteiger partial charge in [0.05, 0.1) is 13.2 Å². The quantitative estimate of drug-likeness (QED) is 0.797. The van der Waals surface area contributed by atoms with Gasteiger partial charge in [0.1, 0.15) is 11.8 Å². The van der Waals surface area contributed by atoms with Crippen LogP contribution in [-0.4, -0.2) is 23.8 Å². The lowest BCUT2D eigenvalue weighted by Crippen LogP contribution is -2.30. The summed E-state index contributed by atoms with van der Waals surface area (Å²) < 4.78 is 11.9. The highest BCUT2D eigenvalue weighted by Crippen LogP contribution is 2.19. The Hall–Kier alpha value is -2.30. The lowest BCUT2D eigenvalue weighted by molar-refractivity contribution is -0.151. The minimum atomic E-state index is -0.659. The number of hydrogen-bond donors (Lipinski definition) is 0.